The summed E-state index contributed by atoms with van der Waals surface area (Å²) < 4.78 is 24.1. The molecule has 34 heavy (non-hydrogen) atoms. The van der Waals surface area contributed by atoms with E-state index in [0.29, 0.717) is 18.4 Å². The van der Waals surface area contributed by atoms with Crippen LogP contribution in [0.15, 0.2) is 12.2 Å². The zero-order valence-corrected chi connectivity index (χ0v) is 20.7. The Kier molecular flexibility index (Phi) is 5.10. The van der Waals surface area contributed by atoms with Gasteiger partial charge in [0.25, 0.3) is 0 Å². The SMILES string of the molecule is C=C1C2CC(OC(C)=O)C3C45CCCC(C)(C)C4C(OC(C)=O)C(O)(OC5)C3(C2)C1OC(C)=O. The Morgan fingerprint density at radius 1 is 1.00 bits per heavy atom. The monoisotopic (exact) mass is 476 g/mol. The fourth-order valence-corrected chi connectivity index (χ4v) is 9.13. The first-order valence-electron chi connectivity index (χ1n) is 12.4. The molecule has 188 valence electrons. The second kappa shape index (κ2) is 7.29. The van der Waals surface area contributed by atoms with Crippen molar-refractivity contribution in [1.82, 2.24) is 0 Å². The second-order valence-corrected chi connectivity index (χ2v) is 11.9. The van der Waals surface area contributed by atoms with Crippen LogP contribution in [0.3, 0.4) is 0 Å². The van der Waals surface area contributed by atoms with Gasteiger partial charge in [0, 0.05) is 38.0 Å². The van der Waals surface area contributed by atoms with Crippen LogP contribution in [-0.4, -0.2) is 53.7 Å². The number of ether oxygens (including phenoxy) is 4. The molecule has 8 heteroatoms. The molecule has 0 radical (unpaired) electrons. The molecule has 1 N–H and O–H groups in total. The van der Waals surface area contributed by atoms with E-state index >= 15 is 0 Å². The van der Waals surface area contributed by atoms with Gasteiger partial charge in [-0.15, -0.1) is 0 Å². The smallest absolute Gasteiger partial charge is 0.303 e. The van der Waals surface area contributed by atoms with Crippen LogP contribution in [0.1, 0.15) is 66.7 Å². The lowest BCUT2D eigenvalue weighted by atomic mass is 9.36. The average Bonchev–Trinajstić information content (AvgIpc) is 2.90. The minimum absolute atomic E-state index is 0.124. The Balaban J connectivity index is 1.79. The fourth-order valence-electron chi connectivity index (χ4n) is 9.13. The van der Waals surface area contributed by atoms with E-state index in [2.05, 4.69) is 20.4 Å². The number of aliphatic hydroxyl groups is 1. The largest absolute Gasteiger partial charge is 0.462 e. The Morgan fingerprint density at radius 2 is 1.65 bits per heavy atom. The fraction of sp³-hybridized carbons (Fsp3) is 0.808. The lowest BCUT2D eigenvalue weighted by molar-refractivity contribution is -0.463. The molecule has 2 spiro atoms. The normalized spacial score (nSPS) is 47.9. The molecule has 0 aromatic carbocycles. The van der Waals surface area contributed by atoms with Gasteiger partial charge in [-0.25, -0.2) is 0 Å². The zero-order valence-electron chi connectivity index (χ0n) is 20.7. The van der Waals surface area contributed by atoms with Crippen LogP contribution in [-0.2, 0) is 33.3 Å². The van der Waals surface area contributed by atoms with Crippen molar-refractivity contribution in [3.63, 3.8) is 0 Å². The zero-order chi connectivity index (χ0) is 24.8. The summed E-state index contributed by atoms with van der Waals surface area (Å²) in [7, 11) is 0. The quantitative estimate of drug-likeness (QED) is 0.376. The first-order valence-corrected chi connectivity index (χ1v) is 12.4. The highest BCUT2D eigenvalue weighted by molar-refractivity contribution is 5.68. The van der Waals surface area contributed by atoms with E-state index < -0.39 is 46.9 Å². The van der Waals surface area contributed by atoms with Gasteiger partial charge in [-0.2, -0.15) is 0 Å². The standard InChI is InChI=1S/C26H36O8/c1-13-17-10-18(32-14(2)27)19-24-9-7-8-23(5,6)20(24)22(34-16(4)29)26(30,31-12-24)25(19,11-17)21(13)33-15(3)28/h17-22,30H,1,7-12H2,2-6H3. The minimum Gasteiger partial charge on any atom is -0.462 e. The molecular weight excluding hydrogens is 440 g/mol. The maximum Gasteiger partial charge on any atom is 0.303 e. The number of fused-ring (bicyclic) bond motifs is 2. The van der Waals surface area contributed by atoms with E-state index in [1.807, 2.05) is 0 Å². The average molecular weight is 477 g/mol. The Labute approximate surface area is 200 Å². The summed E-state index contributed by atoms with van der Waals surface area (Å²) in [6.45, 7) is 12.9. The van der Waals surface area contributed by atoms with Gasteiger partial charge < -0.3 is 24.1 Å². The highest BCUT2D eigenvalue weighted by Gasteiger charge is 2.86. The molecule has 2 aliphatic heterocycles. The third-order valence-corrected chi connectivity index (χ3v) is 9.71. The maximum absolute atomic E-state index is 12.5. The molecule has 9 unspecified atom stereocenters. The first kappa shape index (κ1) is 23.8. The van der Waals surface area contributed by atoms with Crippen molar-refractivity contribution in [2.45, 2.75) is 90.8 Å². The second-order valence-electron chi connectivity index (χ2n) is 11.9. The molecule has 6 rings (SSSR count). The summed E-state index contributed by atoms with van der Waals surface area (Å²) in [5, 5.41) is 12.5. The van der Waals surface area contributed by atoms with Crippen LogP contribution in [0.25, 0.3) is 0 Å². The van der Waals surface area contributed by atoms with Crippen molar-refractivity contribution in [3.8, 4) is 0 Å². The van der Waals surface area contributed by atoms with Gasteiger partial charge in [-0.1, -0.05) is 26.8 Å². The van der Waals surface area contributed by atoms with E-state index in [1.165, 1.54) is 20.8 Å². The van der Waals surface area contributed by atoms with E-state index in [0.717, 1.165) is 19.3 Å². The van der Waals surface area contributed by atoms with E-state index in [1.54, 1.807) is 0 Å². The summed E-state index contributed by atoms with van der Waals surface area (Å²) in [5.74, 6) is -3.95. The van der Waals surface area contributed by atoms with Gasteiger partial charge in [-0.3, -0.25) is 14.4 Å². The minimum atomic E-state index is -1.92. The van der Waals surface area contributed by atoms with Crippen LogP contribution in [0.5, 0.6) is 0 Å². The highest BCUT2D eigenvalue weighted by atomic mass is 16.7. The highest BCUT2D eigenvalue weighted by Crippen LogP contribution is 2.78. The number of carbonyl (C=O) groups is 3. The number of carbonyl (C=O) groups excluding carboxylic acids is 3. The number of rotatable bonds is 3. The number of hydrogen-bond donors (Lipinski definition) is 1. The maximum atomic E-state index is 12.5. The van der Waals surface area contributed by atoms with Crippen LogP contribution in [0.2, 0.25) is 0 Å². The molecule has 0 aromatic heterocycles. The topological polar surface area (TPSA) is 108 Å². The molecule has 4 bridgehead atoms. The molecule has 9 atom stereocenters. The molecule has 6 aliphatic rings. The summed E-state index contributed by atoms with van der Waals surface area (Å²) in [4.78, 5) is 36.9. The third kappa shape index (κ3) is 2.81. The number of hydrogen-bond acceptors (Lipinski definition) is 8. The molecule has 2 saturated heterocycles. The molecular formula is C26H36O8. The summed E-state index contributed by atoms with van der Waals surface area (Å²) in [6.07, 6.45) is 1.40. The van der Waals surface area contributed by atoms with Gasteiger partial charge in [-0.05, 0) is 42.6 Å². The lowest BCUT2D eigenvalue weighted by Crippen LogP contribution is -2.84. The van der Waals surface area contributed by atoms with E-state index in [4.69, 9.17) is 18.9 Å². The lowest BCUT2D eigenvalue weighted by Gasteiger charge is -2.75. The predicted octanol–water partition coefficient (Wildman–Crippen LogP) is 2.91. The molecule has 8 nitrogen and oxygen atoms in total. The Bertz CT molecular complexity index is 956. The molecule has 2 heterocycles. The van der Waals surface area contributed by atoms with Crippen molar-refractivity contribution >= 4 is 17.9 Å². The third-order valence-electron chi connectivity index (χ3n) is 9.71. The molecule has 6 fully saturated rings. The van der Waals surface area contributed by atoms with Crippen molar-refractivity contribution in [2.75, 3.05) is 6.61 Å². The molecule has 0 aromatic rings. The molecule has 0 amide bonds. The Hall–Kier alpha value is -1.93. The van der Waals surface area contributed by atoms with Crippen molar-refractivity contribution in [3.05, 3.63) is 12.2 Å². The van der Waals surface area contributed by atoms with Gasteiger partial charge in [0.15, 0.2) is 6.10 Å². The molecule has 4 aliphatic carbocycles. The van der Waals surface area contributed by atoms with Gasteiger partial charge in [0.2, 0.25) is 5.79 Å². The summed E-state index contributed by atoms with van der Waals surface area (Å²) >= 11 is 0. The van der Waals surface area contributed by atoms with Crippen LogP contribution in [0.4, 0.5) is 0 Å². The van der Waals surface area contributed by atoms with Crippen LogP contribution < -0.4 is 0 Å². The van der Waals surface area contributed by atoms with Gasteiger partial charge in [0.05, 0.1) is 12.0 Å². The number of esters is 3. The molecule has 4 saturated carbocycles. The van der Waals surface area contributed by atoms with Crippen LogP contribution in [0, 0.1) is 34.0 Å². The van der Waals surface area contributed by atoms with Crippen LogP contribution >= 0.6 is 0 Å². The van der Waals surface area contributed by atoms with Crippen molar-refractivity contribution in [1.29, 1.82) is 0 Å². The van der Waals surface area contributed by atoms with Crippen molar-refractivity contribution < 1.29 is 38.4 Å². The van der Waals surface area contributed by atoms with Crippen molar-refractivity contribution in [2.24, 2.45) is 34.0 Å². The van der Waals surface area contributed by atoms with E-state index in [9.17, 15) is 19.5 Å². The Morgan fingerprint density at radius 3 is 2.26 bits per heavy atom. The summed E-state index contributed by atoms with van der Waals surface area (Å²) in [6, 6.07) is 0. The van der Waals surface area contributed by atoms with Gasteiger partial charge >= 0.3 is 17.9 Å². The van der Waals surface area contributed by atoms with E-state index in [-0.39, 0.29) is 35.7 Å². The first-order chi connectivity index (χ1) is 15.8. The predicted molar refractivity (Wildman–Crippen MR) is 119 cm³/mol. The summed E-state index contributed by atoms with van der Waals surface area (Å²) in [5.41, 5.74) is -1.23. The van der Waals surface area contributed by atoms with Gasteiger partial charge in [0.1, 0.15) is 12.2 Å².